The van der Waals surface area contributed by atoms with Crippen molar-refractivity contribution < 1.29 is 13.2 Å². The molecule has 7 heteroatoms. The molecule has 1 aromatic rings. The average molecular weight is 430 g/mol. The number of nitrogens with one attached hydrogen (secondary N) is 1. The van der Waals surface area contributed by atoms with E-state index >= 15 is 0 Å². The van der Waals surface area contributed by atoms with Crippen LogP contribution in [0.1, 0.15) is 44.1 Å². The molecule has 1 amide bonds. The van der Waals surface area contributed by atoms with Gasteiger partial charge in [-0.05, 0) is 62.1 Å². The molecule has 4 aliphatic rings. The fourth-order valence-corrected chi connectivity index (χ4v) is 6.06. The highest BCUT2D eigenvalue weighted by Crippen LogP contribution is 2.53. The van der Waals surface area contributed by atoms with E-state index in [0.29, 0.717) is 18.5 Å². The predicted octanol–water partition coefficient (Wildman–Crippen LogP) is 3.12. The van der Waals surface area contributed by atoms with Crippen LogP contribution in [-0.2, 0) is 14.6 Å². The second-order valence-corrected chi connectivity index (χ2v) is 11.9. The topological polar surface area (TPSA) is 69.7 Å². The van der Waals surface area contributed by atoms with Crippen molar-refractivity contribution in [1.82, 2.24) is 4.90 Å². The van der Waals surface area contributed by atoms with Gasteiger partial charge in [0.2, 0.25) is 5.91 Å². The molecule has 2 aliphatic heterocycles. The Hall–Kier alpha value is -2.02. The molecular formula is C23H31N3O3S. The van der Waals surface area contributed by atoms with E-state index in [1.54, 1.807) is 0 Å². The van der Waals surface area contributed by atoms with Gasteiger partial charge in [0.05, 0.1) is 11.5 Å². The number of piperidine rings is 1. The lowest BCUT2D eigenvalue weighted by atomic mass is 9.93. The molecule has 1 N–H and O–H groups in total. The van der Waals surface area contributed by atoms with Gasteiger partial charge in [-0.1, -0.05) is 6.58 Å². The van der Waals surface area contributed by atoms with E-state index in [-0.39, 0.29) is 23.3 Å². The van der Waals surface area contributed by atoms with E-state index in [1.807, 2.05) is 6.07 Å². The monoisotopic (exact) mass is 429 g/mol. The molecular weight excluding hydrogens is 398 g/mol. The Labute approximate surface area is 179 Å². The molecule has 0 unspecified atom stereocenters. The number of anilines is 2. The summed E-state index contributed by atoms with van der Waals surface area (Å²) in [6.07, 6.45) is 7.08. The van der Waals surface area contributed by atoms with Gasteiger partial charge in [0.25, 0.3) is 0 Å². The summed E-state index contributed by atoms with van der Waals surface area (Å²) in [6, 6.07) is 6.11. The van der Waals surface area contributed by atoms with Crippen LogP contribution in [0.25, 0.3) is 5.70 Å². The maximum atomic E-state index is 12.3. The maximum Gasteiger partial charge on any atom is 0.227 e. The molecule has 2 aliphatic carbocycles. The molecule has 1 spiro atoms. The van der Waals surface area contributed by atoms with E-state index in [0.717, 1.165) is 48.6 Å². The van der Waals surface area contributed by atoms with Gasteiger partial charge in [0.1, 0.15) is 0 Å². The van der Waals surface area contributed by atoms with Crippen LogP contribution in [0.2, 0.25) is 0 Å². The number of sulfone groups is 1. The van der Waals surface area contributed by atoms with Crippen LogP contribution in [0.5, 0.6) is 0 Å². The van der Waals surface area contributed by atoms with Gasteiger partial charge >= 0.3 is 0 Å². The lowest BCUT2D eigenvalue weighted by Gasteiger charge is -2.38. The third kappa shape index (κ3) is 4.09. The summed E-state index contributed by atoms with van der Waals surface area (Å²) in [5.74, 6) is 0.655. The Kier molecular flexibility index (Phi) is 4.84. The normalized spacial score (nSPS) is 24.5. The predicted molar refractivity (Wildman–Crippen MR) is 120 cm³/mol. The summed E-state index contributed by atoms with van der Waals surface area (Å²) >= 11 is 0. The van der Waals surface area contributed by atoms with E-state index in [2.05, 4.69) is 33.8 Å². The van der Waals surface area contributed by atoms with Crippen LogP contribution in [0.3, 0.4) is 0 Å². The van der Waals surface area contributed by atoms with Gasteiger partial charge < -0.3 is 15.1 Å². The zero-order chi connectivity index (χ0) is 20.9. The highest BCUT2D eigenvalue weighted by atomic mass is 32.2. The number of carbonyl (C=O) groups excluding carboxylic acids is 1. The van der Waals surface area contributed by atoms with Crippen LogP contribution in [0.15, 0.2) is 24.8 Å². The van der Waals surface area contributed by atoms with Crippen molar-refractivity contribution >= 4 is 32.8 Å². The second kappa shape index (κ2) is 7.29. The molecule has 4 fully saturated rings. The number of carbonyl (C=O) groups is 1. The highest BCUT2D eigenvalue weighted by Gasteiger charge is 2.45. The van der Waals surface area contributed by atoms with E-state index in [4.69, 9.17) is 0 Å². The van der Waals surface area contributed by atoms with Crippen molar-refractivity contribution in [2.24, 2.45) is 11.3 Å². The zero-order valence-corrected chi connectivity index (χ0v) is 18.3. The van der Waals surface area contributed by atoms with Crippen LogP contribution in [0.4, 0.5) is 11.4 Å². The molecule has 2 saturated heterocycles. The smallest absolute Gasteiger partial charge is 0.227 e. The third-order valence-electron chi connectivity index (χ3n) is 7.21. The van der Waals surface area contributed by atoms with Crippen molar-refractivity contribution in [1.29, 1.82) is 0 Å². The molecule has 0 bridgehead atoms. The first-order valence-electron chi connectivity index (χ1n) is 11.2. The summed E-state index contributed by atoms with van der Waals surface area (Å²) in [5.41, 5.74) is 4.37. The van der Waals surface area contributed by atoms with Crippen molar-refractivity contribution in [3.63, 3.8) is 0 Å². The van der Waals surface area contributed by atoms with Crippen LogP contribution in [-0.4, -0.2) is 56.9 Å². The molecule has 5 rings (SSSR count). The zero-order valence-electron chi connectivity index (χ0n) is 17.5. The standard InChI is InChI=1S/C23H31N3O3S/c1-17(25-11-13-30(28,29)14-12-25)20-6-5-19(24-22(27)18-3-4-18)15-21(20)26-10-2-7-23(16-26)8-9-23/h5-6,15,18H,1-4,7-14,16H2,(H,24,27). The first-order valence-corrected chi connectivity index (χ1v) is 13.0. The Morgan fingerprint density at radius 3 is 2.50 bits per heavy atom. The average Bonchev–Trinajstić information content (AvgIpc) is 3.65. The Balaban J connectivity index is 1.43. The fourth-order valence-electron chi connectivity index (χ4n) is 4.86. The molecule has 162 valence electrons. The summed E-state index contributed by atoms with van der Waals surface area (Å²) in [4.78, 5) is 16.9. The number of hydrogen-bond donors (Lipinski definition) is 1. The number of rotatable bonds is 5. The van der Waals surface area contributed by atoms with Gasteiger partial charge in [-0.2, -0.15) is 0 Å². The minimum absolute atomic E-state index is 0.117. The van der Waals surface area contributed by atoms with Gasteiger partial charge in [-0.15, -0.1) is 0 Å². The summed E-state index contributed by atoms with van der Waals surface area (Å²) in [6.45, 7) is 7.40. The van der Waals surface area contributed by atoms with Gasteiger partial charge in [-0.25, -0.2) is 8.42 Å². The molecule has 6 nitrogen and oxygen atoms in total. The number of amides is 1. The molecule has 0 radical (unpaired) electrons. The summed E-state index contributed by atoms with van der Waals surface area (Å²) in [7, 11) is -2.93. The molecule has 30 heavy (non-hydrogen) atoms. The lowest BCUT2D eigenvalue weighted by molar-refractivity contribution is -0.117. The fraction of sp³-hybridized carbons (Fsp3) is 0.609. The van der Waals surface area contributed by atoms with Crippen molar-refractivity contribution in [3.8, 4) is 0 Å². The Morgan fingerprint density at radius 2 is 1.83 bits per heavy atom. The SMILES string of the molecule is C=C(c1ccc(NC(=O)C2CC2)cc1N1CCCC2(CC2)C1)N1CCS(=O)(=O)CC1. The van der Waals surface area contributed by atoms with E-state index in [9.17, 15) is 13.2 Å². The quantitative estimate of drug-likeness (QED) is 0.779. The first-order chi connectivity index (χ1) is 14.3. The maximum absolute atomic E-state index is 12.3. The van der Waals surface area contributed by atoms with Gasteiger partial charge in [0.15, 0.2) is 9.84 Å². The molecule has 0 aromatic heterocycles. The third-order valence-corrected chi connectivity index (χ3v) is 8.82. The van der Waals surface area contributed by atoms with Gasteiger partial charge in [-0.3, -0.25) is 4.79 Å². The van der Waals surface area contributed by atoms with Crippen molar-refractivity contribution in [3.05, 3.63) is 30.3 Å². The summed E-state index contributed by atoms with van der Waals surface area (Å²) in [5, 5.41) is 3.09. The minimum atomic E-state index is -2.93. The van der Waals surface area contributed by atoms with Gasteiger partial charge in [0, 0.05) is 54.7 Å². The molecule has 1 aromatic carbocycles. The summed E-state index contributed by atoms with van der Waals surface area (Å²) < 4.78 is 23.7. The molecule has 2 saturated carbocycles. The Bertz CT molecular complexity index is 965. The number of hydrogen-bond acceptors (Lipinski definition) is 5. The largest absolute Gasteiger partial charge is 0.370 e. The van der Waals surface area contributed by atoms with Crippen LogP contribution < -0.4 is 10.2 Å². The number of nitrogens with zero attached hydrogens (tertiary/aromatic N) is 2. The van der Waals surface area contributed by atoms with Crippen molar-refractivity contribution in [2.45, 2.75) is 38.5 Å². The van der Waals surface area contributed by atoms with Crippen LogP contribution in [0, 0.1) is 11.3 Å². The Morgan fingerprint density at radius 1 is 1.10 bits per heavy atom. The molecule has 2 heterocycles. The number of benzene rings is 1. The molecule has 0 atom stereocenters. The second-order valence-electron chi connectivity index (χ2n) is 9.61. The van der Waals surface area contributed by atoms with Crippen molar-refractivity contribution in [2.75, 3.05) is 47.9 Å². The van der Waals surface area contributed by atoms with Crippen LogP contribution >= 0.6 is 0 Å². The highest BCUT2D eigenvalue weighted by molar-refractivity contribution is 7.91. The lowest BCUT2D eigenvalue weighted by Crippen LogP contribution is -2.40. The first kappa shape index (κ1) is 19.9. The van der Waals surface area contributed by atoms with E-state index in [1.165, 1.54) is 25.7 Å². The van der Waals surface area contributed by atoms with E-state index < -0.39 is 9.84 Å². The minimum Gasteiger partial charge on any atom is -0.370 e.